The van der Waals surface area contributed by atoms with Crippen molar-refractivity contribution in [2.24, 2.45) is 7.05 Å². The minimum atomic E-state index is -3.73. The standard InChI is InChI=1S/C7H8N2O3S/c1-3-13(11,12)6-7(10)9(2)5-4-8-6/h3-5H,1H2,2H3. The minimum Gasteiger partial charge on any atom is -0.315 e. The largest absolute Gasteiger partial charge is 0.315 e. The highest BCUT2D eigenvalue weighted by Gasteiger charge is 2.16. The molecule has 0 saturated carbocycles. The Bertz CT molecular complexity index is 487. The van der Waals surface area contributed by atoms with E-state index in [-0.39, 0.29) is 0 Å². The van der Waals surface area contributed by atoms with Crippen LogP contribution in [0.25, 0.3) is 0 Å². The lowest BCUT2D eigenvalue weighted by Crippen LogP contribution is -2.23. The van der Waals surface area contributed by atoms with Crippen molar-refractivity contribution in [3.63, 3.8) is 0 Å². The molecule has 5 nitrogen and oxygen atoms in total. The lowest BCUT2D eigenvalue weighted by molar-refractivity contribution is 0.596. The summed E-state index contributed by atoms with van der Waals surface area (Å²) in [5, 5.41) is 0.212. The van der Waals surface area contributed by atoms with Crippen molar-refractivity contribution in [2.75, 3.05) is 0 Å². The summed E-state index contributed by atoms with van der Waals surface area (Å²) < 4.78 is 23.5. The molecular weight excluding hydrogens is 192 g/mol. The van der Waals surface area contributed by atoms with Crippen LogP contribution >= 0.6 is 0 Å². The molecule has 0 fully saturated rings. The zero-order valence-electron chi connectivity index (χ0n) is 6.97. The van der Waals surface area contributed by atoms with E-state index in [1.54, 1.807) is 0 Å². The monoisotopic (exact) mass is 200 g/mol. The van der Waals surface area contributed by atoms with Crippen molar-refractivity contribution < 1.29 is 8.42 Å². The topological polar surface area (TPSA) is 69.0 Å². The molecule has 1 rings (SSSR count). The molecule has 0 unspecified atom stereocenters. The molecule has 70 valence electrons. The Balaban J connectivity index is 3.59. The van der Waals surface area contributed by atoms with Crippen molar-refractivity contribution in [3.8, 4) is 0 Å². The summed E-state index contributed by atoms with van der Waals surface area (Å²) in [7, 11) is -2.28. The Hall–Kier alpha value is -1.43. The lowest BCUT2D eigenvalue weighted by atomic mass is 10.7. The van der Waals surface area contributed by atoms with Gasteiger partial charge in [0.25, 0.3) is 5.56 Å². The molecule has 0 bridgehead atoms. The Morgan fingerprint density at radius 2 is 2.23 bits per heavy atom. The number of aryl methyl sites for hydroxylation is 1. The molecule has 0 radical (unpaired) electrons. The summed E-state index contributed by atoms with van der Waals surface area (Å²) in [4.78, 5) is 14.7. The molecule has 13 heavy (non-hydrogen) atoms. The van der Waals surface area contributed by atoms with Gasteiger partial charge in [-0.2, -0.15) is 0 Å². The zero-order chi connectivity index (χ0) is 10.1. The molecule has 0 saturated heterocycles. The summed E-state index contributed by atoms with van der Waals surface area (Å²) in [6.07, 6.45) is 2.63. The maximum atomic E-state index is 11.2. The van der Waals surface area contributed by atoms with Crippen molar-refractivity contribution in [1.82, 2.24) is 9.55 Å². The molecule has 6 heteroatoms. The van der Waals surface area contributed by atoms with Gasteiger partial charge in [-0.1, -0.05) is 6.58 Å². The Kier molecular flexibility index (Phi) is 2.33. The van der Waals surface area contributed by atoms with E-state index < -0.39 is 20.4 Å². The van der Waals surface area contributed by atoms with Crippen LogP contribution in [0.4, 0.5) is 0 Å². The molecule has 0 aliphatic rings. The number of sulfone groups is 1. The molecule has 0 N–H and O–H groups in total. The first-order chi connectivity index (χ1) is 5.99. The van der Waals surface area contributed by atoms with Crippen molar-refractivity contribution >= 4 is 9.84 Å². The van der Waals surface area contributed by atoms with E-state index in [0.717, 1.165) is 4.57 Å². The molecule has 1 aromatic rings. The quantitative estimate of drug-likeness (QED) is 0.657. The second-order valence-corrected chi connectivity index (χ2v) is 4.17. The molecule has 1 heterocycles. The second kappa shape index (κ2) is 3.14. The summed E-state index contributed by atoms with van der Waals surface area (Å²) in [6.45, 7) is 3.10. The highest BCUT2D eigenvalue weighted by atomic mass is 32.2. The maximum Gasteiger partial charge on any atom is 0.288 e. The first kappa shape index (κ1) is 9.66. The second-order valence-electron chi connectivity index (χ2n) is 2.36. The molecule has 0 amide bonds. The molecule has 1 aromatic heterocycles. The number of nitrogens with zero attached hydrogens (tertiary/aromatic N) is 2. The van der Waals surface area contributed by atoms with Crippen LogP contribution in [0.15, 0.2) is 34.2 Å². The lowest BCUT2D eigenvalue weighted by Gasteiger charge is -1.98. The van der Waals surface area contributed by atoms with Crippen LogP contribution in [0.2, 0.25) is 0 Å². The first-order valence-electron chi connectivity index (χ1n) is 3.38. The maximum absolute atomic E-state index is 11.2. The van der Waals surface area contributed by atoms with Gasteiger partial charge in [0, 0.05) is 24.8 Å². The molecule has 0 aromatic carbocycles. The zero-order valence-corrected chi connectivity index (χ0v) is 7.78. The van der Waals surface area contributed by atoms with Crippen LogP contribution in [-0.4, -0.2) is 18.0 Å². The third-order valence-corrected chi connectivity index (χ3v) is 2.73. The number of rotatable bonds is 2. The van der Waals surface area contributed by atoms with E-state index in [1.165, 1.54) is 19.4 Å². The fraction of sp³-hybridized carbons (Fsp3) is 0.143. The van der Waals surface area contributed by atoms with Gasteiger partial charge < -0.3 is 4.57 Å². The molecule has 0 spiro atoms. The average Bonchev–Trinajstić information content (AvgIpc) is 2.09. The predicted molar refractivity (Wildman–Crippen MR) is 46.9 cm³/mol. The van der Waals surface area contributed by atoms with Gasteiger partial charge in [0.15, 0.2) is 0 Å². The predicted octanol–water partition coefficient (Wildman–Crippen LogP) is -0.302. The van der Waals surface area contributed by atoms with E-state index in [4.69, 9.17) is 0 Å². The van der Waals surface area contributed by atoms with Gasteiger partial charge in [-0.15, -0.1) is 0 Å². The molecule has 0 aliphatic heterocycles. The average molecular weight is 200 g/mol. The van der Waals surface area contributed by atoms with Crippen LogP contribution < -0.4 is 5.56 Å². The van der Waals surface area contributed by atoms with Crippen LogP contribution in [0, 0.1) is 0 Å². The third-order valence-electron chi connectivity index (χ3n) is 1.47. The van der Waals surface area contributed by atoms with Gasteiger partial charge in [0.2, 0.25) is 14.9 Å². The van der Waals surface area contributed by atoms with Crippen molar-refractivity contribution in [2.45, 2.75) is 5.03 Å². The molecular formula is C7H8N2O3S. The van der Waals surface area contributed by atoms with E-state index in [9.17, 15) is 13.2 Å². The number of aromatic nitrogens is 2. The minimum absolute atomic E-state index is 0.493. The van der Waals surface area contributed by atoms with Crippen LogP contribution in [0.3, 0.4) is 0 Å². The first-order valence-corrected chi connectivity index (χ1v) is 4.93. The van der Waals surface area contributed by atoms with Gasteiger partial charge in [-0.05, 0) is 0 Å². The van der Waals surface area contributed by atoms with Gasteiger partial charge in [0.1, 0.15) is 0 Å². The van der Waals surface area contributed by atoms with Crippen molar-refractivity contribution in [1.29, 1.82) is 0 Å². The summed E-state index contributed by atoms with van der Waals surface area (Å²) in [5.74, 6) is 0. The summed E-state index contributed by atoms with van der Waals surface area (Å²) in [6, 6.07) is 0. The Morgan fingerprint density at radius 3 is 2.77 bits per heavy atom. The fourth-order valence-electron chi connectivity index (χ4n) is 0.749. The fourth-order valence-corrected chi connectivity index (χ4v) is 1.50. The Morgan fingerprint density at radius 1 is 1.62 bits per heavy atom. The molecule has 0 aliphatic carbocycles. The smallest absolute Gasteiger partial charge is 0.288 e. The Labute approximate surface area is 75.3 Å². The molecule has 0 atom stereocenters. The van der Waals surface area contributed by atoms with E-state index >= 15 is 0 Å². The number of hydrogen-bond donors (Lipinski definition) is 0. The van der Waals surface area contributed by atoms with Crippen molar-refractivity contribution in [3.05, 3.63) is 34.7 Å². The highest BCUT2D eigenvalue weighted by molar-refractivity contribution is 7.94. The van der Waals surface area contributed by atoms with Crippen LogP contribution in [0.1, 0.15) is 0 Å². The van der Waals surface area contributed by atoms with Gasteiger partial charge in [-0.3, -0.25) is 4.79 Å². The summed E-state index contributed by atoms with van der Waals surface area (Å²) in [5.41, 5.74) is -0.651. The normalized spacial score (nSPS) is 11.2. The number of hydrogen-bond acceptors (Lipinski definition) is 4. The van der Waals surface area contributed by atoms with Gasteiger partial charge in [0.05, 0.1) is 0 Å². The van der Waals surface area contributed by atoms with E-state index in [2.05, 4.69) is 11.6 Å². The van der Waals surface area contributed by atoms with Gasteiger partial charge >= 0.3 is 0 Å². The SMILES string of the molecule is C=CS(=O)(=O)c1nccn(C)c1=O. The highest BCUT2D eigenvalue weighted by Crippen LogP contribution is 2.00. The van der Waals surface area contributed by atoms with Crippen LogP contribution in [-0.2, 0) is 16.9 Å². The van der Waals surface area contributed by atoms with E-state index in [0.29, 0.717) is 5.41 Å². The summed E-state index contributed by atoms with van der Waals surface area (Å²) >= 11 is 0. The van der Waals surface area contributed by atoms with E-state index in [1.807, 2.05) is 0 Å². The van der Waals surface area contributed by atoms with Crippen LogP contribution in [0.5, 0.6) is 0 Å². The third kappa shape index (κ3) is 1.67. The van der Waals surface area contributed by atoms with Gasteiger partial charge in [-0.25, -0.2) is 13.4 Å².